The largest absolute Gasteiger partial charge is 0.496 e. The van der Waals surface area contributed by atoms with Crippen molar-refractivity contribution in [2.24, 2.45) is 0 Å². The number of sulfonamides is 1. The molecule has 0 saturated carbocycles. The van der Waals surface area contributed by atoms with Gasteiger partial charge in [0.1, 0.15) is 18.1 Å². The summed E-state index contributed by atoms with van der Waals surface area (Å²) in [6.45, 7) is 0.382. The number of anilines is 1. The van der Waals surface area contributed by atoms with Gasteiger partial charge in [-0.25, -0.2) is 17.2 Å². The highest BCUT2D eigenvalue weighted by Crippen LogP contribution is 2.40. The lowest BCUT2D eigenvalue weighted by Gasteiger charge is -2.32. The topological polar surface area (TPSA) is 67.9 Å². The SMILES string of the molecule is COc1ccc(NS(=O)(=O)c2ccc(F)c(F)c2)c2c1C[C@@H](N(C)C)CO2. The Bertz CT molecular complexity index is 964. The van der Waals surface area contributed by atoms with E-state index in [1.54, 1.807) is 6.07 Å². The molecule has 0 bridgehead atoms. The minimum absolute atomic E-state index is 0.115. The summed E-state index contributed by atoms with van der Waals surface area (Å²) < 4.78 is 65.3. The number of ether oxygens (including phenoxy) is 2. The van der Waals surface area contributed by atoms with Crippen molar-refractivity contribution in [1.82, 2.24) is 4.90 Å². The molecule has 3 rings (SSSR count). The van der Waals surface area contributed by atoms with Crippen LogP contribution in [0.2, 0.25) is 0 Å². The lowest BCUT2D eigenvalue weighted by atomic mass is 10.00. The van der Waals surface area contributed by atoms with E-state index in [2.05, 4.69) is 4.72 Å². The average Bonchev–Trinajstić information content (AvgIpc) is 2.63. The number of methoxy groups -OCH3 is 1. The van der Waals surface area contributed by atoms with Crippen LogP contribution in [0, 0.1) is 11.6 Å². The fourth-order valence-electron chi connectivity index (χ4n) is 2.89. The predicted octanol–water partition coefficient (Wildman–Crippen LogP) is 2.64. The van der Waals surface area contributed by atoms with Crippen LogP contribution >= 0.6 is 0 Å². The van der Waals surface area contributed by atoms with Gasteiger partial charge in [-0.05, 0) is 50.8 Å². The van der Waals surface area contributed by atoms with E-state index in [9.17, 15) is 17.2 Å². The molecule has 0 saturated heterocycles. The van der Waals surface area contributed by atoms with Crippen molar-refractivity contribution in [2.45, 2.75) is 17.4 Å². The number of nitrogens with one attached hydrogen (secondary N) is 1. The van der Waals surface area contributed by atoms with Crippen LogP contribution in [-0.4, -0.2) is 47.2 Å². The number of nitrogens with zero attached hydrogens (tertiary/aromatic N) is 1. The average molecular weight is 398 g/mol. The summed E-state index contributed by atoms with van der Waals surface area (Å²) in [7, 11) is 1.27. The van der Waals surface area contributed by atoms with Crippen molar-refractivity contribution in [2.75, 3.05) is 32.5 Å². The summed E-state index contributed by atoms with van der Waals surface area (Å²) in [4.78, 5) is 1.63. The van der Waals surface area contributed by atoms with Crippen LogP contribution in [-0.2, 0) is 16.4 Å². The molecule has 0 unspecified atom stereocenters. The highest BCUT2D eigenvalue weighted by Gasteiger charge is 2.28. The first-order valence-corrected chi connectivity index (χ1v) is 9.68. The highest BCUT2D eigenvalue weighted by molar-refractivity contribution is 7.92. The van der Waals surface area contributed by atoms with Crippen molar-refractivity contribution < 1.29 is 26.7 Å². The third-order valence-corrected chi connectivity index (χ3v) is 5.84. The van der Waals surface area contributed by atoms with Crippen LogP contribution in [0.5, 0.6) is 11.5 Å². The standard InChI is InChI=1S/C18H20F2N2O4S/c1-22(2)11-8-13-17(25-3)7-6-16(18(13)26-10-11)21-27(23,24)12-4-5-14(19)15(20)9-12/h4-7,9,11,21H,8,10H2,1-3H3/t11-/m1/s1. The first-order chi connectivity index (χ1) is 12.7. The Kier molecular flexibility index (Phi) is 5.25. The molecule has 0 amide bonds. The second-order valence-electron chi connectivity index (χ2n) is 6.44. The van der Waals surface area contributed by atoms with Crippen LogP contribution in [0.1, 0.15) is 5.56 Å². The number of rotatable bonds is 5. The molecule has 1 heterocycles. The van der Waals surface area contributed by atoms with E-state index in [-0.39, 0.29) is 16.6 Å². The molecule has 2 aromatic carbocycles. The molecule has 27 heavy (non-hydrogen) atoms. The molecule has 2 aromatic rings. The van der Waals surface area contributed by atoms with E-state index < -0.39 is 21.7 Å². The highest BCUT2D eigenvalue weighted by atomic mass is 32.2. The van der Waals surface area contributed by atoms with Crippen LogP contribution in [0.25, 0.3) is 0 Å². The molecule has 1 aliphatic rings. The van der Waals surface area contributed by atoms with Crippen molar-refractivity contribution in [3.63, 3.8) is 0 Å². The minimum atomic E-state index is -4.12. The molecule has 1 atom stereocenters. The van der Waals surface area contributed by atoms with Gasteiger partial charge in [0.05, 0.1) is 17.7 Å². The molecule has 0 radical (unpaired) electrons. The van der Waals surface area contributed by atoms with Gasteiger partial charge in [-0.2, -0.15) is 0 Å². The Labute approximate surface area is 156 Å². The molecule has 0 fully saturated rings. The maximum atomic E-state index is 13.4. The molecule has 0 aliphatic carbocycles. The zero-order valence-corrected chi connectivity index (χ0v) is 15.9. The van der Waals surface area contributed by atoms with Crippen LogP contribution < -0.4 is 14.2 Å². The molecule has 0 spiro atoms. The first-order valence-electron chi connectivity index (χ1n) is 8.20. The monoisotopic (exact) mass is 398 g/mol. The molecule has 9 heteroatoms. The van der Waals surface area contributed by atoms with Crippen LogP contribution in [0.3, 0.4) is 0 Å². The van der Waals surface area contributed by atoms with Gasteiger partial charge in [0.2, 0.25) is 0 Å². The second kappa shape index (κ2) is 7.32. The van der Waals surface area contributed by atoms with Crippen molar-refractivity contribution >= 4 is 15.7 Å². The summed E-state index contributed by atoms with van der Waals surface area (Å²) in [6, 6.07) is 5.68. The third kappa shape index (κ3) is 3.84. The smallest absolute Gasteiger partial charge is 0.262 e. The summed E-state index contributed by atoms with van der Waals surface area (Å²) in [5.74, 6) is -1.39. The quantitative estimate of drug-likeness (QED) is 0.839. The van der Waals surface area contributed by atoms with Gasteiger partial charge in [0.25, 0.3) is 10.0 Å². The summed E-state index contributed by atoms with van der Waals surface area (Å²) in [5.41, 5.74) is 0.959. The number of halogens is 2. The third-order valence-electron chi connectivity index (χ3n) is 4.47. The van der Waals surface area contributed by atoms with Gasteiger partial charge in [-0.1, -0.05) is 0 Å². The van der Waals surface area contributed by atoms with Gasteiger partial charge < -0.3 is 14.4 Å². The predicted molar refractivity (Wildman–Crippen MR) is 96.8 cm³/mol. The molecule has 1 aliphatic heterocycles. The van der Waals surface area contributed by atoms with Crippen LogP contribution in [0.4, 0.5) is 14.5 Å². The minimum Gasteiger partial charge on any atom is -0.496 e. The van der Waals surface area contributed by atoms with Gasteiger partial charge in [-0.15, -0.1) is 0 Å². The Morgan fingerprint density at radius 1 is 1.19 bits per heavy atom. The number of hydrogen-bond acceptors (Lipinski definition) is 5. The fourth-order valence-corrected chi connectivity index (χ4v) is 3.97. The molecule has 146 valence electrons. The number of likely N-dealkylation sites (N-methyl/N-ethyl adjacent to an activating group) is 1. The molecule has 1 N–H and O–H groups in total. The van der Waals surface area contributed by atoms with Gasteiger partial charge >= 0.3 is 0 Å². The lowest BCUT2D eigenvalue weighted by molar-refractivity contribution is 0.164. The molecular formula is C18H20F2N2O4S. The zero-order valence-electron chi connectivity index (χ0n) is 15.1. The van der Waals surface area contributed by atoms with E-state index in [0.29, 0.717) is 30.6 Å². The Morgan fingerprint density at radius 2 is 1.93 bits per heavy atom. The van der Waals surface area contributed by atoms with E-state index in [4.69, 9.17) is 9.47 Å². The number of fused-ring (bicyclic) bond motifs is 1. The lowest BCUT2D eigenvalue weighted by Crippen LogP contribution is -2.38. The molecule has 6 nitrogen and oxygen atoms in total. The summed E-state index contributed by atoms with van der Waals surface area (Å²) in [6.07, 6.45) is 0.617. The maximum absolute atomic E-state index is 13.4. The normalized spacial score (nSPS) is 16.6. The van der Waals surface area contributed by atoms with Gasteiger partial charge in [0, 0.05) is 11.6 Å². The van der Waals surface area contributed by atoms with Crippen molar-refractivity contribution in [3.05, 3.63) is 47.5 Å². The Balaban J connectivity index is 1.98. The van der Waals surface area contributed by atoms with Crippen LogP contribution in [0.15, 0.2) is 35.2 Å². The van der Waals surface area contributed by atoms with Gasteiger partial charge in [-0.3, -0.25) is 4.72 Å². The summed E-state index contributed by atoms with van der Waals surface area (Å²) >= 11 is 0. The Morgan fingerprint density at radius 3 is 2.56 bits per heavy atom. The van der Waals surface area contributed by atoms with E-state index in [1.165, 1.54) is 13.2 Å². The Hall–Kier alpha value is -2.39. The van der Waals surface area contributed by atoms with Gasteiger partial charge in [0.15, 0.2) is 11.6 Å². The first kappa shape index (κ1) is 19.4. The maximum Gasteiger partial charge on any atom is 0.262 e. The van der Waals surface area contributed by atoms with Crippen molar-refractivity contribution in [1.29, 1.82) is 0 Å². The van der Waals surface area contributed by atoms with E-state index in [0.717, 1.165) is 17.7 Å². The van der Waals surface area contributed by atoms with E-state index in [1.807, 2.05) is 19.0 Å². The molecular weight excluding hydrogens is 378 g/mol. The molecule has 0 aromatic heterocycles. The van der Waals surface area contributed by atoms with E-state index >= 15 is 0 Å². The van der Waals surface area contributed by atoms with Crippen molar-refractivity contribution in [3.8, 4) is 11.5 Å². The zero-order chi connectivity index (χ0) is 19.8. The number of benzene rings is 2. The second-order valence-corrected chi connectivity index (χ2v) is 8.12. The number of hydrogen-bond donors (Lipinski definition) is 1. The fraction of sp³-hybridized carbons (Fsp3) is 0.333. The summed E-state index contributed by atoms with van der Waals surface area (Å²) in [5, 5.41) is 0.